The molecular formula is C34H52FN5O2. The van der Waals surface area contributed by atoms with Crippen molar-refractivity contribution in [2.24, 2.45) is 4.99 Å². The maximum atomic E-state index is 13.9. The average Bonchev–Trinajstić information content (AvgIpc) is 3.35. The number of piperidine rings is 1. The van der Waals surface area contributed by atoms with Gasteiger partial charge in [0, 0.05) is 25.0 Å². The molecular weight excluding hydrogens is 529 g/mol. The van der Waals surface area contributed by atoms with Crippen molar-refractivity contribution >= 4 is 18.3 Å². The standard InChI is InChI=1S/C28H34FN5O2.3C2H6/c1-4-14-33(25-9-5-8-24(29)11-12-25)34-15-6-7-23(28(34)31-20-35)16-22-10-13-26(27(17-22)36-3)32-18-21(2)30-19-32;3*1-2/h10-13,16-20H,4-9,14-15H2,1-3H3;3*1-2H3/b23-16+,31-28?;;;. The smallest absolute Gasteiger partial charge is 0.234 e. The Morgan fingerprint density at radius 2 is 1.81 bits per heavy atom. The number of ether oxygens (including phenoxy) is 1. The van der Waals surface area contributed by atoms with E-state index in [1.54, 1.807) is 19.5 Å². The Labute approximate surface area is 253 Å². The van der Waals surface area contributed by atoms with E-state index in [-0.39, 0.29) is 5.83 Å². The van der Waals surface area contributed by atoms with Gasteiger partial charge in [-0.25, -0.2) is 9.37 Å². The highest BCUT2D eigenvalue weighted by Gasteiger charge is 2.28. The van der Waals surface area contributed by atoms with Gasteiger partial charge in [0.15, 0.2) is 5.84 Å². The van der Waals surface area contributed by atoms with E-state index in [1.165, 1.54) is 0 Å². The van der Waals surface area contributed by atoms with E-state index in [0.29, 0.717) is 18.7 Å². The third-order valence-electron chi connectivity index (χ3n) is 6.42. The van der Waals surface area contributed by atoms with E-state index in [0.717, 1.165) is 79.2 Å². The number of carbonyl (C=O) groups is 1. The van der Waals surface area contributed by atoms with E-state index in [1.807, 2.05) is 83.5 Å². The van der Waals surface area contributed by atoms with Gasteiger partial charge < -0.3 is 9.30 Å². The monoisotopic (exact) mass is 581 g/mol. The number of aryl methyl sites for hydroxylation is 1. The number of methoxy groups -OCH3 is 1. The number of rotatable bonds is 8. The summed E-state index contributed by atoms with van der Waals surface area (Å²) in [5.74, 6) is 1.28. The quantitative estimate of drug-likeness (QED) is 0.291. The van der Waals surface area contributed by atoms with Crippen LogP contribution in [0.15, 0.2) is 65.0 Å². The molecule has 0 saturated carbocycles. The molecule has 1 fully saturated rings. The van der Waals surface area contributed by atoms with Crippen molar-refractivity contribution in [1.82, 2.24) is 19.6 Å². The lowest BCUT2D eigenvalue weighted by Crippen LogP contribution is -2.49. The summed E-state index contributed by atoms with van der Waals surface area (Å²) in [7, 11) is 1.65. The van der Waals surface area contributed by atoms with Crippen LogP contribution in [0.2, 0.25) is 0 Å². The second kappa shape index (κ2) is 20.2. The van der Waals surface area contributed by atoms with Crippen LogP contribution in [0.25, 0.3) is 11.8 Å². The largest absolute Gasteiger partial charge is 0.495 e. The van der Waals surface area contributed by atoms with Crippen LogP contribution in [0.5, 0.6) is 5.75 Å². The number of hydrogen-bond donors (Lipinski definition) is 0. The fourth-order valence-electron chi connectivity index (χ4n) is 4.76. The Bertz CT molecular complexity index is 1210. The van der Waals surface area contributed by atoms with Gasteiger partial charge in [-0.3, -0.25) is 14.8 Å². The molecule has 1 amide bonds. The van der Waals surface area contributed by atoms with Gasteiger partial charge in [0.2, 0.25) is 6.41 Å². The summed E-state index contributed by atoms with van der Waals surface area (Å²) in [6, 6.07) is 6.02. The van der Waals surface area contributed by atoms with Crippen LogP contribution in [0.4, 0.5) is 4.39 Å². The molecule has 2 aromatic rings. The summed E-state index contributed by atoms with van der Waals surface area (Å²) in [6.07, 6.45) is 14.5. The normalized spacial score (nSPS) is 16.4. The molecule has 0 N–H and O–H groups in total. The third kappa shape index (κ3) is 10.00. The number of benzene rings is 1. The molecule has 1 saturated heterocycles. The van der Waals surface area contributed by atoms with Crippen molar-refractivity contribution in [3.8, 4) is 11.4 Å². The zero-order valence-corrected chi connectivity index (χ0v) is 27.3. The van der Waals surface area contributed by atoms with E-state index in [9.17, 15) is 9.18 Å². The van der Waals surface area contributed by atoms with Crippen molar-refractivity contribution < 1.29 is 13.9 Å². The molecule has 0 unspecified atom stereocenters. The van der Waals surface area contributed by atoms with E-state index >= 15 is 0 Å². The summed E-state index contributed by atoms with van der Waals surface area (Å²) >= 11 is 0. The molecule has 0 atom stereocenters. The minimum Gasteiger partial charge on any atom is -0.495 e. The highest BCUT2D eigenvalue weighted by molar-refractivity contribution is 6.05. The summed E-state index contributed by atoms with van der Waals surface area (Å²) in [5.41, 5.74) is 4.83. The number of aromatic nitrogens is 2. The van der Waals surface area contributed by atoms with Crippen LogP contribution in [0.3, 0.4) is 0 Å². The predicted molar refractivity (Wildman–Crippen MR) is 174 cm³/mol. The van der Waals surface area contributed by atoms with Crippen LogP contribution >= 0.6 is 0 Å². The van der Waals surface area contributed by atoms with Gasteiger partial charge >= 0.3 is 0 Å². The van der Waals surface area contributed by atoms with Crippen molar-refractivity contribution in [3.05, 3.63) is 71.2 Å². The molecule has 232 valence electrons. The zero-order valence-electron chi connectivity index (χ0n) is 27.3. The van der Waals surface area contributed by atoms with Crippen molar-refractivity contribution in [2.75, 3.05) is 20.2 Å². The number of allylic oxidation sites excluding steroid dienone is 4. The molecule has 7 nitrogen and oxygen atoms in total. The lowest BCUT2D eigenvalue weighted by atomic mass is 10.0. The molecule has 1 aromatic heterocycles. The van der Waals surface area contributed by atoms with Gasteiger partial charge in [-0.15, -0.1) is 0 Å². The first kappa shape index (κ1) is 36.3. The van der Waals surface area contributed by atoms with E-state index in [2.05, 4.69) is 33.0 Å². The number of halogens is 1. The minimum absolute atomic E-state index is 0.0919. The lowest BCUT2D eigenvalue weighted by molar-refractivity contribution is -0.106. The molecule has 2 heterocycles. The molecule has 42 heavy (non-hydrogen) atoms. The summed E-state index contributed by atoms with van der Waals surface area (Å²) in [4.78, 5) is 20.2. The zero-order chi connectivity index (χ0) is 31.5. The van der Waals surface area contributed by atoms with Gasteiger partial charge in [0.05, 0.1) is 30.6 Å². The number of imidazole rings is 1. The average molecular weight is 582 g/mol. The molecule has 0 radical (unpaired) electrons. The first-order valence-electron chi connectivity index (χ1n) is 15.6. The molecule has 2 aliphatic rings. The second-order valence-electron chi connectivity index (χ2n) is 9.06. The van der Waals surface area contributed by atoms with Crippen molar-refractivity contribution in [1.29, 1.82) is 0 Å². The fraction of sp³-hybridized carbons (Fsp3) is 0.500. The number of carbonyl (C=O) groups excluding carboxylic acids is 1. The van der Waals surface area contributed by atoms with E-state index in [4.69, 9.17) is 4.74 Å². The van der Waals surface area contributed by atoms with Gasteiger partial charge in [-0.05, 0) is 86.9 Å². The van der Waals surface area contributed by atoms with Gasteiger partial charge in [-0.1, -0.05) is 54.5 Å². The van der Waals surface area contributed by atoms with E-state index < -0.39 is 0 Å². The van der Waals surface area contributed by atoms with Crippen molar-refractivity contribution in [3.63, 3.8) is 0 Å². The molecule has 0 spiro atoms. The Morgan fingerprint density at radius 3 is 2.43 bits per heavy atom. The maximum Gasteiger partial charge on any atom is 0.234 e. The summed E-state index contributed by atoms with van der Waals surface area (Å²) in [6.45, 7) is 17.6. The number of hydrogen-bond acceptors (Lipinski definition) is 4. The molecule has 1 aromatic carbocycles. The topological polar surface area (TPSA) is 63.0 Å². The van der Waals surface area contributed by atoms with Crippen LogP contribution < -0.4 is 4.74 Å². The maximum absolute atomic E-state index is 13.9. The highest BCUT2D eigenvalue weighted by atomic mass is 19.1. The van der Waals surface area contributed by atoms with Crippen LogP contribution in [0.1, 0.15) is 98.2 Å². The molecule has 4 rings (SSSR count). The number of aliphatic imine (C=N–C) groups is 1. The predicted octanol–water partition coefficient (Wildman–Crippen LogP) is 8.85. The number of hydrazine groups is 1. The fourth-order valence-corrected chi connectivity index (χ4v) is 4.76. The Balaban J connectivity index is 0.00000138. The number of amidine groups is 1. The summed E-state index contributed by atoms with van der Waals surface area (Å²) in [5, 5.41) is 4.27. The highest BCUT2D eigenvalue weighted by Crippen LogP contribution is 2.30. The minimum atomic E-state index is -0.0919. The molecule has 0 bridgehead atoms. The van der Waals surface area contributed by atoms with Gasteiger partial charge in [0.25, 0.3) is 0 Å². The summed E-state index contributed by atoms with van der Waals surface area (Å²) < 4.78 is 21.5. The number of nitrogens with zero attached hydrogens (tertiary/aromatic N) is 5. The second-order valence-corrected chi connectivity index (χ2v) is 9.06. The Morgan fingerprint density at radius 1 is 1.07 bits per heavy atom. The third-order valence-corrected chi connectivity index (χ3v) is 6.42. The SMILES string of the molecule is CC.CC.CC.CCCN(C1=CC=C(F)CCC1)N1CCC/C(=C\c2ccc(-n3cnc(C)c3)c(OC)c2)C1=NC=O. The first-order chi connectivity index (χ1) is 20.5. The number of amides is 1. The van der Waals surface area contributed by atoms with Gasteiger partial charge in [-0.2, -0.15) is 4.99 Å². The molecule has 1 aliphatic heterocycles. The van der Waals surface area contributed by atoms with Crippen LogP contribution in [-0.2, 0) is 4.79 Å². The molecule has 1 aliphatic carbocycles. The lowest BCUT2D eigenvalue weighted by Gasteiger charge is -2.42. The van der Waals surface area contributed by atoms with Crippen LogP contribution in [0, 0.1) is 6.92 Å². The molecule has 8 heteroatoms. The Hall–Kier alpha value is -3.68. The first-order valence-corrected chi connectivity index (χ1v) is 15.6. The van der Waals surface area contributed by atoms with Crippen molar-refractivity contribution in [2.45, 2.75) is 93.9 Å². The van der Waals surface area contributed by atoms with Crippen LogP contribution in [-0.4, -0.2) is 52.0 Å². The van der Waals surface area contributed by atoms with Gasteiger partial charge in [0.1, 0.15) is 5.75 Å². The Kier molecular flexibility index (Phi) is 17.5.